The first kappa shape index (κ1) is 22.9. The van der Waals surface area contributed by atoms with Crippen LogP contribution in [0.15, 0.2) is 66.7 Å². The number of carbonyl (C=O) groups excluding carboxylic acids is 1. The fraction of sp³-hybridized carbons (Fsp3) is 0.240. The summed E-state index contributed by atoms with van der Waals surface area (Å²) >= 11 is 18.8. The Labute approximate surface area is 203 Å². The minimum atomic E-state index is -0.0689. The van der Waals surface area contributed by atoms with Gasteiger partial charge in [-0.25, -0.2) is 0 Å². The van der Waals surface area contributed by atoms with Crippen molar-refractivity contribution in [1.82, 2.24) is 4.90 Å². The molecule has 0 spiro atoms. The second-order valence-corrected chi connectivity index (χ2v) is 9.25. The summed E-state index contributed by atoms with van der Waals surface area (Å²) < 4.78 is 0. The fourth-order valence-corrected chi connectivity index (χ4v) is 4.75. The van der Waals surface area contributed by atoms with Crippen LogP contribution in [0.25, 0.3) is 0 Å². The highest BCUT2D eigenvalue weighted by molar-refractivity contribution is 6.36. The average Bonchev–Trinajstić information content (AvgIpc) is 2.76. The quantitative estimate of drug-likeness (QED) is 0.436. The monoisotopic (exact) mass is 487 g/mol. The molecule has 0 saturated carbocycles. The van der Waals surface area contributed by atoms with Crippen LogP contribution in [0.5, 0.6) is 0 Å². The summed E-state index contributed by atoms with van der Waals surface area (Å²) in [5, 5.41) is 4.81. The third-order valence-electron chi connectivity index (χ3n) is 5.62. The lowest BCUT2D eigenvalue weighted by Gasteiger charge is -2.43. The first-order valence-corrected chi connectivity index (χ1v) is 11.6. The van der Waals surface area contributed by atoms with Gasteiger partial charge in [-0.15, -0.1) is 0 Å². The summed E-state index contributed by atoms with van der Waals surface area (Å²) in [6.07, 6.45) is 0. The Morgan fingerprint density at radius 3 is 2.28 bits per heavy atom. The van der Waals surface area contributed by atoms with Crippen LogP contribution in [-0.4, -0.2) is 30.4 Å². The first-order valence-electron chi connectivity index (χ1n) is 10.4. The number of carbonyl (C=O) groups is 1. The Kier molecular flexibility index (Phi) is 7.27. The van der Waals surface area contributed by atoms with Crippen molar-refractivity contribution < 1.29 is 4.79 Å². The number of rotatable bonds is 5. The maximum atomic E-state index is 11.2. The van der Waals surface area contributed by atoms with Crippen LogP contribution in [-0.2, 0) is 11.3 Å². The third-order valence-corrected chi connectivity index (χ3v) is 6.41. The van der Waals surface area contributed by atoms with E-state index in [0.29, 0.717) is 10.0 Å². The van der Waals surface area contributed by atoms with Gasteiger partial charge in [0.15, 0.2) is 0 Å². The van der Waals surface area contributed by atoms with Crippen molar-refractivity contribution >= 4 is 52.1 Å². The molecule has 1 atom stereocenters. The number of anilines is 2. The molecule has 7 heteroatoms. The highest BCUT2D eigenvalue weighted by atomic mass is 35.5. The number of benzene rings is 3. The van der Waals surface area contributed by atoms with Gasteiger partial charge in [-0.2, -0.15) is 0 Å². The van der Waals surface area contributed by atoms with E-state index in [-0.39, 0.29) is 11.9 Å². The van der Waals surface area contributed by atoms with Gasteiger partial charge in [0, 0.05) is 48.8 Å². The van der Waals surface area contributed by atoms with E-state index in [0.717, 1.165) is 42.6 Å². The number of nitrogens with one attached hydrogen (secondary N) is 1. The SMILES string of the molecule is CC(=O)Nc1ccc(CN2CCN(c3ccc(Cl)cc3Cl)[C@H](c3ccc(Cl)cc3)C2)cc1. The smallest absolute Gasteiger partial charge is 0.221 e. The van der Waals surface area contributed by atoms with Crippen LogP contribution in [0.1, 0.15) is 24.1 Å². The maximum absolute atomic E-state index is 11.2. The summed E-state index contributed by atoms with van der Waals surface area (Å²) in [5.74, 6) is -0.0689. The Morgan fingerprint density at radius 2 is 1.62 bits per heavy atom. The van der Waals surface area contributed by atoms with Crippen molar-refractivity contribution in [2.45, 2.75) is 19.5 Å². The van der Waals surface area contributed by atoms with Crippen LogP contribution < -0.4 is 10.2 Å². The number of halogens is 3. The molecule has 32 heavy (non-hydrogen) atoms. The normalized spacial score (nSPS) is 16.8. The number of nitrogens with zero attached hydrogens (tertiary/aromatic N) is 2. The molecule has 1 aliphatic rings. The molecule has 4 rings (SSSR count). The van der Waals surface area contributed by atoms with Crippen molar-refractivity contribution in [2.24, 2.45) is 0 Å². The molecule has 4 nitrogen and oxygen atoms in total. The number of hydrogen-bond donors (Lipinski definition) is 1. The van der Waals surface area contributed by atoms with E-state index in [1.165, 1.54) is 18.1 Å². The van der Waals surface area contributed by atoms with Gasteiger partial charge in [-0.05, 0) is 53.6 Å². The lowest BCUT2D eigenvalue weighted by molar-refractivity contribution is -0.114. The molecule has 0 radical (unpaired) electrons. The minimum absolute atomic E-state index is 0.0689. The molecule has 0 bridgehead atoms. The van der Waals surface area contributed by atoms with Gasteiger partial charge < -0.3 is 10.2 Å². The predicted octanol–water partition coefficient (Wildman–Crippen LogP) is 6.67. The van der Waals surface area contributed by atoms with Gasteiger partial charge in [-0.1, -0.05) is 59.1 Å². The molecule has 1 saturated heterocycles. The number of amides is 1. The van der Waals surface area contributed by atoms with Crippen molar-refractivity contribution in [3.63, 3.8) is 0 Å². The molecule has 3 aromatic carbocycles. The van der Waals surface area contributed by atoms with E-state index in [1.54, 1.807) is 6.07 Å². The largest absolute Gasteiger partial charge is 0.361 e. The highest BCUT2D eigenvalue weighted by Gasteiger charge is 2.29. The fourth-order valence-electron chi connectivity index (χ4n) is 4.11. The van der Waals surface area contributed by atoms with Crippen LogP contribution in [0.4, 0.5) is 11.4 Å². The number of piperazine rings is 1. The summed E-state index contributed by atoms with van der Waals surface area (Å²) in [6, 6.07) is 21.8. The summed E-state index contributed by atoms with van der Waals surface area (Å²) in [7, 11) is 0. The second-order valence-electron chi connectivity index (χ2n) is 7.97. The van der Waals surface area contributed by atoms with E-state index < -0.39 is 0 Å². The standard InChI is InChI=1S/C25H24Cl3N3O/c1-17(32)29-22-9-2-18(3-10-22)15-30-12-13-31(24-11-8-21(27)14-23(24)28)25(16-30)19-4-6-20(26)7-5-19/h2-11,14,25H,12-13,15-16H2,1H3,(H,29,32)/t25-/m0/s1. The van der Waals surface area contributed by atoms with E-state index in [2.05, 4.69) is 39.4 Å². The summed E-state index contributed by atoms with van der Waals surface area (Å²) in [5.41, 5.74) is 4.18. The summed E-state index contributed by atoms with van der Waals surface area (Å²) in [6.45, 7) is 4.91. The highest BCUT2D eigenvalue weighted by Crippen LogP contribution is 2.37. The topological polar surface area (TPSA) is 35.6 Å². The Balaban J connectivity index is 1.56. The zero-order valence-electron chi connectivity index (χ0n) is 17.7. The molecule has 1 aliphatic heterocycles. The average molecular weight is 489 g/mol. The molecule has 1 heterocycles. The number of hydrogen-bond acceptors (Lipinski definition) is 3. The Morgan fingerprint density at radius 1 is 0.938 bits per heavy atom. The lowest BCUT2D eigenvalue weighted by atomic mass is 10.0. The van der Waals surface area contributed by atoms with Crippen LogP contribution in [0.2, 0.25) is 15.1 Å². The molecule has 0 aliphatic carbocycles. The Bertz CT molecular complexity index is 1090. The molecule has 1 fully saturated rings. The molecule has 0 unspecified atom stereocenters. The zero-order chi connectivity index (χ0) is 22.7. The molecule has 0 aromatic heterocycles. The zero-order valence-corrected chi connectivity index (χ0v) is 20.0. The molecular weight excluding hydrogens is 465 g/mol. The van der Waals surface area contributed by atoms with Crippen molar-refractivity contribution in [1.29, 1.82) is 0 Å². The van der Waals surface area contributed by atoms with Crippen LogP contribution in [0.3, 0.4) is 0 Å². The van der Waals surface area contributed by atoms with E-state index in [4.69, 9.17) is 34.8 Å². The molecule has 166 valence electrons. The van der Waals surface area contributed by atoms with Gasteiger partial charge >= 0.3 is 0 Å². The van der Waals surface area contributed by atoms with Gasteiger partial charge in [-0.3, -0.25) is 9.69 Å². The molecular formula is C25H24Cl3N3O. The summed E-state index contributed by atoms with van der Waals surface area (Å²) in [4.78, 5) is 16.0. The molecule has 1 amide bonds. The van der Waals surface area contributed by atoms with Gasteiger partial charge in [0.1, 0.15) is 0 Å². The van der Waals surface area contributed by atoms with Crippen molar-refractivity contribution in [3.05, 3.63) is 92.9 Å². The minimum Gasteiger partial charge on any atom is -0.361 e. The van der Waals surface area contributed by atoms with Crippen molar-refractivity contribution in [3.8, 4) is 0 Å². The third kappa shape index (κ3) is 5.57. The van der Waals surface area contributed by atoms with Crippen molar-refractivity contribution in [2.75, 3.05) is 29.9 Å². The Hall–Kier alpha value is -2.24. The first-order chi connectivity index (χ1) is 15.4. The molecule has 3 aromatic rings. The van der Waals surface area contributed by atoms with E-state index in [9.17, 15) is 4.79 Å². The predicted molar refractivity (Wildman–Crippen MR) is 134 cm³/mol. The second kappa shape index (κ2) is 10.1. The lowest BCUT2D eigenvalue weighted by Crippen LogP contribution is -2.48. The van der Waals surface area contributed by atoms with Gasteiger partial charge in [0.2, 0.25) is 5.91 Å². The van der Waals surface area contributed by atoms with Gasteiger partial charge in [0.05, 0.1) is 16.8 Å². The van der Waals surface area contributed by atoms with E-state index >= 15 is 0 Å². The maximum Gasteiger partial charge on any atom is 0.221 e. The van der Waals surface area contributed by atoms with Crippen LogP contribution >= 0.6 is 34.8 Å². The van der Waals surface area contributed by atoms with Gasteiger partial charge in [0.25, 0.3) is 0 Å². The van der Waals surface area contributed by atoms with Crippen LogP contribution in [0, 0.1) is 0 Å². The molecule has 1 N–H and O–H groups in total. The van der Waals surface area contributed by atoms with E-state index in [1.807, 2.05) is 36.4 Å².